The van der Waals surface area contributed by atoms with Crippen LogP contribution in [0.25, 0.3) is 11.5 Å². The molecule has 0 aliphatic heterocycles. The van der Waals surface area contributed by atoms with Gasteiger partial charge in [0.05, 0.1) is 23.6 Å². The average molecular weight is 452 g/mol. The summed E-state index contributed by atoms with van der Waals surface area (Å²) < 4.78 is 49.0. The molecule has 0 atom stereocenters. The number of amides is 1. The van der Waals surface area contributed by atoms with Crippen LogP contribution in [0.1, 0.15) is 26.3 Å². The van der Waals surface area contributed by atoms with Gasteiger partial charge in [0, 0.05) is 31.7 Å². The van der Waals surface area contributed by atoms with E-state index >= 15 is 0 Å². The standard InChI is InChI=1S/C19H19F3N6O2S/c1-10(2)30-13-5-6-14(23-9-13)16-25-18(31-27-16)26-17-15(28(4)11(3)29)7-12(8-24-17)19(20,21)22/h5-10H,1-4H3,(H,24,25,26,27). The molecule has 8 nitrogen and oxygen atoms in total. The van der Waals surface area contributed by atoms with Crippen molar-refractivity contribution in [1.29, 1.82) is 0 Å². The number of carbonyl (C=O) groups is 1. The van der Waals surface area contributed by atoms with Gasteiger partial charge in [0.15, 0.2) is 11.6 Å². The Morgan fingerprint density at radius 3 is 2.55 bits per heavy atom. The molecule has 0 radical (unpaired) electrons. The Kier molecular flexibility index (Phi) is 6.39. The van der Waals surface area contributed by atoms with Crippen LogP contribution in [-0.4, -0.2) is 38.4 Å². The first-order valence-corrected chi connectivity index (χ1v) is 9.87. The third-order valence-electron chi connectivity index (χ3n) is 4.02. The molecule has 3 aromatic rings. The van der Waals surface area contributed by atoms with Crippen LogP contribution in [0, 0.1) is 0 Å². The largest absolute Gasteiger partial charge is 0.489 e. The normalized spacial score (nSPS) is 11.5. The molecule has 12 heteroatoms. The number of pyridine rings is 2. The van der Waals surface area contributed by atoms with E-state index in [9.17, 15) is 18.0 Å². The molecular formula is C19H19F3N6O2S. The molecule has 0 aliphatic rings. The number of rotatable bonds is 6. The van der Waals surface area contributed by atoms with E-state index in [1.165, 1.54) is 14.0 Å². The van der Waals surface area contributed by atoms with Gasteiger partial charge in [-0.2, -0.15) is 22.5 Å². The molecule has 1 amide bonds. The summed E-state index contributed by atoms with van der Waals surface area (Å²) in [6.45, 7) is 5.05. The zero-order valence-corrected chi connectivity index (χ0v) is 17.9. The lowest BCUT2D eigenvalue weighted by Crippen LogP contribution is -2.24. The molecule has 1 N–H and O–H groups in total. The smallest absolute Gasteiger partial charge is 0.417 e. The molecule has 0 aromatic carbocycles. The molecule has 3 heterocycles. The first kappa shape index (κ1) is 22.4. The number of aromatic nitrogens is 4. The highest BCUT2D eigenvalue weighted by molar-refractivity contribution is 7.09. The topological polar surface area (TPSA) is 93.1 Å². The lowest BCUT2D eigenvalue weighted by atomic mass is 10.2. The summed E-state index contributed by atoms with van der Waals surface area (Å²) in [5, 5.41) is 3.12. The van der Waals surface area contributed by atoms with Gasteiger partial charge in [-0.05, 0) is 32.0 Å². The van der Waals surface area contributed by atoms with Crippen LogP contribution in [0.2, 0.25) is 0 Å². The lowest BCUT2D eigenvalue weighted by molar-refractivity contribution is -0.137. The van der Waals surface area contributed by atoms with E-state index in [-0.39, 0.29) is 22.7 Å². The van der Waals surface area contributed by atoms with Gasteiger partial charge in [0.2, 0.25) is 11.0 Å². The van der Waals surface area contributed by atoms with Crippen LogP contribution < -0.4 is 15.0 Å². The highest BCUT2D eigenvalue weighted by Crippen LogP contribution is 2.35. The molecule has 3 rings (SSSR count). The van der Waals surface area contributed by atoms with E-state index in [0.29, 0.717) is 23.5 Å². The number of halogens is 3. The summed E-state index contributed by atoms with van der Waals surface area (Å²) in [7, 11) is 1.36. The first-order chi connectivity index (χ1) is 14.5. The Morgan fingerprint density at radius 1 is 1.23 bits per heavy atom. The molecule has 0 spiro atoms. The number of anilines is 3. The highest BCUT2D eigenvalue weighted by Gasteiger charge is 2.32. The lowest BCUT2D eigenvalue weighted by Gasteiger charge is -2.20. The Bertz CT molecular complexity index is 1070. The quantitative estimate of drug-likeness (QED) is 0.587. The highest BCUT2D eigenvalue weighted by atomic mass is 32.1. The van der Waals surface area contributed by atoms with Crippen molar-refractivity contribution in [3.8, 4) is 17.3 Å². The van der Waals surface area contributed by atoms with E-state index < -0.39 is 17.6 Å². The van der Waals surface area contributed by atoms with E-state index in [2.05, 4.69) is 24.6 Å². The summed E-state index contributed by atoms with van der Waals surface area (Å²) in [5.41, 5.74) is -0.499. The van der Waals surface area contributed by atoms with Crippen LogP contribution in [0.4, 0.5) is 29.8 Å². The van der Waals surface area contributed by atoms with Crippen LogP contribution in [0.15, 0.2) is 30.6 Å². The minimum atomic E-state index is -4.59. The van der Waals surface area contributed by atoms with Gasteiger partial charge < -0.3 is 15.0 Å². The average Bonchev–Trinajstić information content (AvgIpc) is 3.15. The molecule has 0 aliphatic carbocycles. The maximum absolute atomic E-state index is 13.1. The molecule has 0 saturated carbocycles. The number of nitrogens with one attached hydrogen (secondary N) is 1. The first-order valence-electron chi connectivity index (χ1n) is 9.10. The SMILES string of the molecule is CC(=O)N(C)c1cc(C(F)(F)F)cnc1Nc1nc(-c2ccc(OC(C)C)cn2)ns1. The number of ether oxygens (including phenoxy) is 1. The van der Waals surface area contributed by atoms with Gasteiger partial charge in [-0.3, -0.25) is 4.79 Å². The van der Waals surface area contributed by atoms with Crippen molar-refractivity contribution in [1.82, 2.24) is 19.3 Å². The fraction of sp³-hybridized carbons (Fsp3) is 0.316. The third-order valence-corrected chi connectivity index (χ3v) is 4.65. The van der Waals surface area contributed by atoms with Crippen molar-refractivity contribution in [2.75, 3.05) is 17.3 Å². The second-order valence-corrected chi connectivity index (χ2v) is 7.51. The summed E-state index contributed by atoms with van der Waals surface area (Å²) in [6, 6.07) is 4.30. The van der Waals surface area contributed by atoms with Crippen LogP contribution in [-0.2, 0) is 11.0 Å². The molecule has 0 unspecified atom stereocenters. The van der Waals surface area contributed by atoms with Crippen molar-refractivity contribution in [2.24, 2.45) is 0 Å². The monoisotopic (exact) mass is 452 g/mol. The zero-order valence-electron chi connectivity index (χ0n) is 17.1. The minimum Gasteiger partial charge on any atom is -0.489 e. The van der Waals surface area contributed by atoms with Crippen LogP contribution >= 0.6 is 11.5 Å². The predicted octanol–water partition coefficient (Wildman–Crippen LogP) is 4.53. The third kappa shape index (κ3) is 5.45. The van der Waals surface area contributed by atoms with Gasteiger partial charge in [0.1, 0.15) is 11.4 Å². The van der Waals surface area contributed by atoms with Gasteiger partial charge >= 0.3 is 6.18 Å². The summed E-state index contributed by atoms with van der Waals surface area (Å²) in [5.74, 6) is 0.534. The van der Waals surface area contributed by atoms with Crippen molar-refractivity contribution < 1.29 is 22.7 Å². The predicted molar refractivity (Wildman–Crippen MR) is 111 cm³/mol. The van der Waals surface area contributed by atoms with Crippen LogP contribution in [0.3, 0.4) is 0 Å². The van der Waals surface area contributed by atoms with Crippen molar-refractivity contribution in [3.05, 3.63) is 36.2 Å². The van der Waals surface area contributed by atoms with Gasteiger partial charge in [0.25, 0.3) is 0 Å². The van der Waals surface area contributed by atoms with E-state index in [0.717, 1.165) is 22.5 Å². The Labute approximate surface area is 180 Å². The Balaban J connectivity index is 1.86. The van der Waals surface area contributed by atoms with E-state index in [1.807, 2.05) is 13.8 Å². The molecule has 31 heavy (non-hydrogen) atoms. The second-order valence-electron chi connectivity index (χ2n) is 6.76. The van der Waals surface area contributed by atoms with Crippen molar-refractivity contribution in [2.45, 2.75) is 33.1 Å². The van der Waals surface area contributed by atoms with E-state index in [1.54, 1.807) is 18.3 Å². The Hall–Kier alpha value is -3.28. The van der Waals surface area contributed by atoms with Crippen molar-refractivity contribution in [3.63, 3.8) is 0 Å². The summed E-state index contributed by atoms with van der Waals surface area (Å²) in [6.07, 6.45) is -2.33. The molecular weight excluding hydrogens is 433 g/mol. The number of carbonyl (C=O) groups excluding carboxylic acids is 1. The molecule has 164 valence electrons. The minimum absolute atomic E-state index is 0.0133. The maximum atomic E-state index is 13.1. The van der Waals surface area contributed by atoms with Gasteiger partial charge in [-0.25, -0.2) is 9.97 Å². The van der Waals surface area contributed by atoms with Crippen LogP contribution in [0.5, 0.6) is 5.75 Å². The van der Waals surface area contributed by atoms with E-state index in [4.69, 9.17) is 4.74 Å². The maximum Gasteiger partial charge on any atom is 0.417 e. The molecule has 0 bridgehead atoms. The van der Waals surface area contributed by atoms with Gasteiger partial charge in [-0.1, -0.05) is 0 Å². The number of hydrogen-bond acceptors (Lipinski definition) is 8. The molecule has 0 saturated heterocycles. The number of nitrogens with zero attached hydrogens (tertiary/aromatic N) is 5. The number of hydrogen-bond donors (Lipinski definition) is 1. The number of alkyl halides is 3. The Morgan fingerprint density at radius 2 is 1.97 bits per heavy atom. The second kappa shape index (κ2) is 8.84. The fourth-order valence-corrected chi connectivity index (χ4v) is 3.04. The zero-order chi connectivity index (χ0) is 22.8. The van der Waals surface area contributed by atoms with Gasteiger partial charge in [-0.15, -0.1) is 0 Å². The fourth-order valence-electron chi connectivity index (χ4n) is 2.46. The summed E-state index contributed by atoms with van der Waals surface area (Å²) in [4.78, 5) is 25.2. The molecule has 0 fully saturated rings. The summed E-state index contributed by atoms with van der Waals surface area (Å²) >= 11 is 0.983. The van der Waals surface area contributed by atoms with Crippen molar-refractivity contribution >= 4 is 34.1 Å². The molecule has 3 aromatic heterocycles.